The minimum Gasteiger partial charge on any atom is -0.508 e. The van der Waals surface area contributed by atoms with Crippen LogP contribution in [0.4, 0.5) is 4.79 Å². The van der Waals surface area contributed by atoms with Crippen molar-refractivity contribution in [2.45, 2.75) is 104 Å². The molecule has 2 unspecified atom stereocenters. The second kappa shape index (κ2) is 19.2. The van der Waals surface area contributed by atoms with Crippen molar-refractivity contribution in [2.24, 2.45) is 11.3 Å². The van der Waals surface area contributed by atoms with Gasteiger partial charge in [0.15, 0.2) is 0 Å². The first-order valence-corrected chi connectivity index (χ1v) is 22.0. The van der Waals surface area contributed by atoms with Crippen LogP contribution in [0, 0.1) is 11.3 Å². The van der Waals surface area contributed by atoms with Crippen LogP contribution in [0.15, 0.2) is 54.9 Å². The Bertz CT molecular complexity index is 2320. The molecule has 15 nitrogen and oxygen atoms in total. The van der Waals surface area contributed by atoms with Gasteiger partial charge in [-0.25, -0.2) is 10.2 Å². The highest BCUT2D eigenvalue weighted by Gasteiger charge is 2.41. The van der Waals surface area contributed by atoms with Crippen molar-refractivity contribution >= 4 is 35.1 Å². The molecule has 4 atom stereocenters. The lowest BCUT2D eigenvalue weighted by molar-refractivity contribution is -0.147. The maximum Gasteiger partial charge on any atom is 0.410 e. The zero-order valence-electron chi connectivity index (χ0n) is 37.6. The zero-order valence-corrected chi connectivity index (χ0v) is 37.6. The average molecular weight is 867 g/mol. The number of hydrazine groups is 1. The average Bonchev–Trinajstić information content (AvgIpc) is 3.87. The third kappa shape index (κ3) is 9.91. The largest absolute Gasteiger partial charge is 0.508 e. The number of likely N-dealkylation sites (N-methyl/N-ethyl adjacent to an activating group) is 1. The summed E-state index contributed by atoms with van der Waals surface area (Å²) in [5, 5.41) is 16.7. The number of aromatic hydroxyl groups is 1. The maximum absolute atomic E-state index is 14.7. The second-order valence-corrected chi connectivity index (χ2v) is 18.4. The lowest BCUT2D eigenvalue weighted by atomic mass is 9.84. The van der Waals surface area contributed by atoms with Crippen molar-refractivity contribution in [2.75, 3.05) is 47.1 Å². The molecule has 3 aliphatic rings. The molecule has 3 aliphatic heterocycles. The Kier molecular flexibility index (Phi) is 13.9. The van der Waals surface area contributed by atoms with E-state index in [9.17, 15) is 24.3 Å². The SMILES string of the molecule is CCn1c(-c2cnccc2COC)c2c3cc(ccc31)-c1cc(O)cc(c1)C[C@H](NC(=O)[C@H](C(C)C)N(C)C(=O)OC1CCOC1)C(=O)N1CCCC(C=O)(COCC(C)(C)C2)N1. The number of rotatable bonds is 10. The molecule has 338 valence electrons. The van der Waals surface area contributed by atoms with E-state index in [2.05, 4.69) is 53.2 Å². The van der Waals surface area contributed by atoms with Gasteiger partial charge in [0.25, 0.3) is 5.91 Å². The van der Waals surface area contributed by atoms with Gasteiger partial charge in [0, 0.05) is 68.9 Å². The fourth-order valence-electron chi connectivity index (χ4n) is 9.41. The number of carbonyl (C=O) groups excluding carboxylic acids is 4. The third-order valence-corrected chi connectivity index (χ3v) is 12.4. The fourth-order valence-corrected chi connectivity index (χ4v) is 9.41. The summed E-state index contributed by atoms with van der Waals surface area (Å²) in [6, 6.07) is 11.3. The first kappa shape index (κ1) is 45.7. The number of nitrogens with one attached hydrogen (secondary N) is 2. The molecule has 4 aromatic rings. The van der Waals surface area contributed by atoms with Gasteiger partial charge >= 0.3 is 6.09 Å². The van der Waals surface area contributed by atoms with E-state index >= 15 is 0 Å². The molecule has 63 heavy (non-hydrogen) atoms. The van der Waals surface area contributed by atoms with E-state index in [1.165, 1.54) is 17.0 Å². The normalized spacial score (nSPS) is 22.1. The number of carbonyl (C=O) groups is 4. The molecule has 3 N–H and O–H groups in total. The predicted molar refractivity (Wildman–Crippen MR) is 238 cm³/mol. The second-order valence-electron chi connectivity index (χ2n) is 18.4. The Labute approximate surface area is 369 Å². The summed E-state index contributed by atoms with van der Waals surface area (Å²) in [5.41, 5.74) is 8.92. The summed E-state index contributed by atoms with van der Waals surface area (Å²) >= 11 is 0. The number of pyridine rings is 1. The molecule has 0 radical (unpaired) electrons. The van der Waals surface area contributed by atoms with E-state index in [0.717, 1.165) is 50.7 Å². The molecule has 2 aromatic carbocycles. The van der Waals surface area contributed by atoms with E-state index in [1.807, 2.05) is 38.2 Å². The number of nitrogens with zero attached hydrogens (tertiary/aromatic N) is 4. The molecular formula is C48H62N6O9. The van der Waals surface area contributed by atoms with Gasteiger partial charge in [0.05, 0.1) is 38.7 Å². The van der Waals surface area contributed by atoms with Crippen LogP contribution in [0.5, 0.6) is 5.75 Å². The number of hydrogen-bond donors (Lipinski definition) is 3. The highest BCUT2D eigenvalue weighted by molar-refractivity contribution is 5.96. The van der Waals surface area contributed by atoms with E-state index < -0.39 is 47.0 Å². The summed E-state index contributed by atoms with van der Waals surface area (Å²) in [5.74, 6) is -1.38. The molecule has 3 amide bonds. The van der Waals surface area contributed by atoms with Gasteiger partial charge in [-0.15, -0.1) is 0 Å². The maximum atomic E-state index is 14.7. The number of ether oxygens (including phenoxy) is 4. The quantitative estimate of drug-likeness (QED) is 0.164. The number of fused-ring (bicyclic) bond motifs is 6. The van der Waals surface area contributed by atoms with Crippen molar-refractivity contribution in [1.29, 1.82) is 0 Å². The monoisotopic (exact) mass is 866 g/mol. The van der Waals surface area contributed by atoms with Crippen LogP contribution in [-0.2, 0) is 59.3 Å². The van der Waals surface area contributed by atoms with Crippen LogP contribution in [0.1, 0.15) is 70.6 Å². The van der Waals surface area contributed by atoms with Gasteiger partial charge < -0.3 is 38.7 Å². The Morgan fingerprint density at radius 2 is 1.94 bits per heavy atom. The van der Waals surface area contributed by atoms with E-state index in [1.54, 1.807) is 25.4 Å². The summed E-state index contributed by atoms with van der Waals surface area (Å²) in [6.45, 7) is 12.5. The fraction of sp³-hybridized carbons (Fsp3) is 0.521. The highest BCUT2D eigenvalue weighted by atomic mass is 16.6. The lowest BCUT2D eigenvalue weighted by Gasteiger charge is -2.42. The Morgan fingerprint density at radius 1 is 1.13 bits per heavy atom. The molecule has 7 rings (SSSR count). The molecule has 6 bridgehead atoms. The van der Waals surface area contributed by atoms with E-state index in [0.29, 0.717) is 57.6 Å². The molecule has 5 heterocycles. The number of aryl methyl sites for hydroxylation is 1. The lowest BCUT2D eigenvalue weighted by Crippen LogP contribution is -2.66. The van der Waals surface area contributed by atoms with E-state index in [4.69, 9.17) is 18.9 Å². The van der Waals surface area contributed by atoms with Crippen molar-refractivity contribution in [1.82, 2.24) is 30.2 Å². The van der Waals surface area contributed by atoms with Gasteiger partial charge in [-0.3, -0.25) is 24.5 Å². The first-order chi connectivity index (χ1) is 30.2. The van der Waals surface area contributed by atoms with Gasteiger partial charge in [-0.1, -0.05) is 39.8 Å². The van der Waals surface area contributed by atoms with Crippen LogP contribution < -0.4 is 10.7 Å². The zero-order chi connectivity index (χ0) is 45.1. The van der Waals surface area contributed by atoms with Crippen molar-refractivity contribution in [3.05, 3.63) is 71.5 Å². The highest BCUT2D eigenvalue weighted by Crippen LogP contribution is 2.41. The topological polar surface area (TPSA) is 174 Å². The molecule has 15 heteroatoms. The van der Waals surface area contributed by atoms with Crippen molar-refractivity contribution in [3.63, 3.8) is 0 Å². The Morgan fingerprint density at radius 3 is 2.65 bits per heavy atom. The molecule has 0 spiro atoms. The van der Waals surface area contributed by atoms with Crippen molar-refractivity contribution < 1.29 is 43.2 Å². The molecule has 2 fully saturated rings. The number of aldehydes is 1. The molecule has 0 saturated carbocycles. The minimum absolute atomic E-state index is 0.00550. The molecular weight excluding hydrogens is 805 g/mol. The summed E-state index contributed by atoms with van der Waals surface area (Å²) < 4.78 is 25.4. The number of methoxy groups -OCH3 is 1. The summed E-state index contributed by atoms with van der Waals surface area (Å²) in [7, 11) is 3.19. The number of amides is 3. The minimum atomic E-state index is -1.21. The van der Waals surface area contributed by atoms with E-state index in [-0.39, 0.29) is 37.8 Å². The van der Waals surface area contributed by atoms with Crippen LogP contribution in [0.25, 0.3) is 33.3 Å². The Hall–Kier alpha value is -5.35. The number of phenolic OH excluding ortho intramolecular Hbond substituents is 1. The predicted octanol–water partition coefficient (Wildman–Crippen LogP) is 5.82. The standard InChI is InChI=1S/C48H62N6O9/c1-8-53-41-11-10-32-22-37(41)38(43(53)39-24-49-15-12-33(39)25-60-7)23-47(4,5)28-62-29-48(27-55)14-9-16-54(51-48)45(58)40(20-31-18-34(32)21-35(56)19-31)50-44(57)42(30(2)3)52(6)46(59)63-36-13-17-61-26-36/h10-12,15,18-19,21-22,24,27,30,36,40,42,51,56H,8-9,13-14,16-17,20,23,25-26,28-29H2,1-7H3,(H,50,57)/t36?,40-,42-,48?/m0/s1. The smallest absolute Gasteiger partial charge is 0.410 e. The number of hydrogen-bond acceptors (Lipinski definition) is 11. The number of benzene rings is 2. The summed E-state index contributed by atoms with van der Waals surface area (Å²) in [4.78, 5) is 61.2. The van der Waals surface area contributed by atoms with Crippen LogP contribution in [0.3, 0.4) is 0 Å². The number of aromatic nitrogens is 2. The van der Waals surface area contributed by atoms with Crippen LogP contribution in [-0.4, -0.2) is 120 Å². The number of phenols is 1. The van der Waals surface area contributed by atoms with Gasteiger partial charge in [0.2, 0.25) is 5.91 Å². The van der Waals surface area contributed by atoms with Gasteiger partial charge in [0.1, 0.15) is 35.8 Å². The summed E-state index contributed by atoms with van der Waals surface area (Å²) in [6.07, 6.45) is 5.53. The third-order valence-electron chi connectivity index (χ3n) is 12.4. The van der Waals surface area contributed by atoms with Crippen molar-refractivity contribution in [3.8, 4) is 28.1 Å². The molecule has 2 aromatic heterocycles. The molecule has 0 aliphatic carbocycles. The van der Waals surface area contributed by atoms with Gasteiger partial charge in [-0.05, 0) is 95.7 Å². The van der Waals surface area contributed by atoms with Crippen LogP contribution in [0.2, 0.25) is 0 Å². The Balaban J connectivity index is 1.33. The first-order valence-electron chi connectivity index (χ1n) is 22.0. The molecule has 2 saturated heterocycles. The van der Waals surface area contributed by atoms with Crippen LogP contribution >= 0.6 is 0 Å². The van der Waals surface area contributed by atoms with Gasteiger partial charge in [-0.2, -0.15) is 0 Å².